The predicted octanol–water partition coefficient (Wildman–Crippen LogP) is 2.62. The maximum absolute atomic E-state index is 12.5. The minimum Gasteiger partial charge on any atom is -0.385 e. The third kappa shape index (κ3) is 3.68. The monoisotopic (exact) mass is 322 g/mol. The second-order valence-corrected chi connectivity index (χ2v) is 6.83. The summed E-state index contributed by atoms with van der Waals surface area (Å²) in [4.78, 5) is -0.109. The van der Waals surface area contributed by atoms with Gasteiger partial charge in [-0.15, -0.1) is 0 Å². The van der Waals surface area contributed by atoms with E-state index < -0.39 is 22.7 Å². The highest BCUT2D eigenvalue weighted by Gasteiger charge is 2.36. The van der Waals surface area contributed by atoms with Crippen molar-refractivity contribution in [2.75, 3.05) is 25.0 Å². The maximum Gasteiger partial charge on any atom is 0.402 e. The van der Waals surface area contributed by atoms with E-state index >= 15 is 0 Å². The van der Waals surface area contributed by atoms with Gasteiger partial charge in [0.1, 0.15) is 6.54 Å². The van der Waals surface area contributed by atoms with Crippen molar-refractivity contribution in [2.24, 2.45) is 0 Å². The minimum atomic E-state index is -4.56. The molecule has 1 aliphatic heterocycles. The summed E-state index contributed by atoms with van der Waals surface area (Å²) < 4.78 is 62.6. The lowest BCUT2D eigenvalue weighted by Crippen LogP contribution is -2.38. The highest BCUT2D eigenvalue weighted by molar-refractivity contribution is 7.89. The number of alkyl halides is 3. The lowest BCUT2D eigenvalue weighted by atomic mass is 10.0. The van der Waals surface area contributed by atoms with E-state index in [1.54, 1.807) is 6.07 Å². The first-order valence-electron chi connectivity index (χ1n) is 6.68. The van der Waals surface area contributed by atoms with Crippen LogP contribution in [0.4, 0.5) is 18.9 Å². The van der Waals surface area contributed by atoms with E-state index in [1.807, 2.05) is 0 Å². The molecule has 0 saturated heterocycles. The van der Waals surface area contributed by atoms with Gasteiger partial charge in [-0.3, -0.25) is 0 Å². The molecule has 0 aromatic heterocycles. The van der Waals surface area contributed by atoms with E-state index in [4.69, 9.17) is 0 Å². The Hall–Kier alpha value is -1.28. The number of hydrogen-bond acceptors (Lipinski definition) is 3. The zero-order chi connectivity index (χ0) is 15.7. The average Bonchev–Trinajstić information content (AvgIpc) is 2.43. The molecule has 0 fully saturated rings. The Labute approximate surface area is 122 Å². The van der Waals surface area contributed by atoms with E-state index in [0.29, 0.717) is 9.99 Å². The Kier molecular flexibility index (Phi) is 4.48. The SMILES string of the molecule is CCN(CC(F)(F)F)S(=O)(=O)c1ccc2c(c1)NCCC2. The van der Waals surface area contributed by atoms with Gasteiger partial charge in [0.25, 0.3) is 0 Å². The first kappa shape index (κ1) is 16.1. The molecular weight excluding hydrogens is 305 g/mol. The normalized spacial score (nSPS) is 15.7. The van der Waals surface area contributed by atoms with Crippen molar-refractivity contribution in [1.82, 2.24) is 4.31 Å². The number of fused-ring (bicyclic) bond motifs is 1. The van der Waals surface area contributed by atoms with E-state index in [0.717, 1.165) is 24.9 Å². The molecule has 8 heteroatoms. The summed E-state index contributed by atoms with van der Waals surface area (Å²) in [6.45, 7) is 0.416. The molecule has 4 nitrogen and oxygen atoms in total. The number of rotatable bonds is 4. The van der Waals surface area contributed by atoms with Gasteiger partial charge >= 0.3 is 6.18 Å². The molecule has 0 spiro atoms. The number of nitrogens with one attached hydrogen (secondary N) is 1. The molecule has 1 heterocycles. The van der Waals surface area contributed by atoms with Crippen molar-refractivity contribution >= 4 is 15.7 Å². The van der Waals surface area contributed by atoms with Gasteiger partial charge in [0, 0.05) is 18.8 Å². The molecule has 0 saturated carbocycles. The molecule has 2 rings (SSSR count). The van der Waals surface area contributed by atoms with Gasteiger partial charge < -0.3 is 5.32 Å². The maximum atomic E-state index is 12.5. The Bertz CT molecular complexity index is 614. The van der Waals surface area contributed by atoms with Crippen molar-refractivity contribution in [3.63, 3.8) is 0 Å². The number of aryl methyl sites for hydroxylation is 1. The Balaban J connectivity index is 2.34. The molecule has 1 aromatic rings. The van der Waals surface area contributed by atoms with Crippen LogP contribution in [-0.4, -0.2) is 38.5 Å². The predicted molar refractivity (Wildman–Crippen MR) is 73.7 cm³/mol. The van der Waals surface area contributed by atoms with Crippen LogP contribution in [0, 0.1) is 0 Å². The highest BCUT2D eigenvalue weighted by Crippen LogP contribution is 2.28. The molecule has 1 aliphatic rings. The lowest BCUT2D eigenvalue weighted by molar-refractivity contribution is -0.135. The van der Waals surface area contributed by atoms with E-state index in [2.05, 4.69) is 5.32 Å². The summed E-state index contributed by atoms with van der Waals surface area (Å²) in [7, 11) is -4.14. The summed E-state index contributed by atoms with van der Waals surface area (Å²) >= 11 is 0. The quantitative estimate of drug-likeness (QED) is 0.927. The lowest BCUT2D eigenvalue weighted by Gasteiger charge is -2.23. The number of benzene rings is 1. The molecule has 0 radical (unpaired) electrons. The summed E-state index contributed by atoms with van der Waals surface area (Å²) in [5.74, 6) is 0. The molecular formula is C13H17F3N2O2S. The second kappa shape index (κ2) is 5.84. The minimum absolute atomic E-state index is 0.109. The topological polar surface area (TPSA) is 49.4 Å². The number of sulfonamides is 1. The molecule has 0 bridgehead atoms. The molecule has 1 aromatic carbocycles. The van der Waals surface area contributed by atoms with Crippen molar-refractivity contribution in [3.05, 3.63) is 23.8 Å². The van der Waals surface area contributed by atoms with E-state index in [-0.39, 0.29) is 11.4 Å². The summed E-state index contributed by atoms with van der Waals surface area (Å²) in [6.07, 6.45) is -2.77. The van der Waals surface area contributed by atoms with Crippen LogP contribution in [0.2, 0.25) is 0 Å². The summed E-state index contributed by atoms with van der Waals surface area (Å²) in [5, 5.41) is 3.08. The fourth-order valence-corrected chi connectivity index (χ4v) is 3.78. The smallest absolute Gasteiger partial charge is 0.385 e. The van der Waals surface area contributed by atoms with Crippen LogP contribution < -0.4 is 5.32 Å². The van der Waals surface area contributed by atoms with Gasteiger partial charge in [0.2, 0.25) is 10.0 Å². The third-order valence-electron chi connectivity index (χ3n) is 3.37. The van der Waals surface area contributed by atoms with Crippen molar-refractivity contribution < 1.29 is 21.6 Å². The zero-order valence-corrected chi connectivity index (χ0v) is 12.4. The average molecular weight is 322 g/mol. The third-order valence-corrected chi connectivity index (χ3v) is 5.28. The molecule has 0 atom stereocenters. The molecule has 118 valence electrons. The standard InChI is InChI=1S/C13H17F3N2O2S/c1-2-18(9-13(14,15)16)21(19,20)11-6-5-10-4-3-7-17-12(10)8-11/h5-6,8,17H,2-4,7,9H2,1H3. The molecule has 0 aliphatic carbocycles. The summed E-state index contributed by atoms with van der Waals surface area (Å²) in [6, 6.07) is 4.46. The van der Waals surface area contributed by atoms with Crippen LogP contribution in [0.25, 0.3) is 0 Å². The number of halogens is 3. The van der Waals surface area contributed by atoms with Crippen molar-refractivity contribution in [2.45, 2.75) is 30.8 Å². The van der Waals surface area contributed by atoms with Gasteiger partial charge in [-0.2, -0.15) is 17.5 Å². The van der Waals surface area contributed by atoms with E-state index in [1.165, 1.54) is 19.1 Å². The van der Waals surface area contributed by atoms with E-state index in [9.17, 15) is 21.6 Å². The van der Waals surface area contributed by atoms with Gasteiger partial charge in [-0.25, -0.2) is 8.42 Å². The summed E-state index contributed by atoms with van der Waals surface area (Å²) in [5.41, 5.74) is 1.67. The van der Waals surface area contributed by atoms with Gasteiger partial charge in [0.05, 0.1) is 4.90 Å². The number of hydrogen-bond donors (Lipinski definition) is 1. The van der Waals surface area contributed by atoms with Gasteiger partial charge in [-0.1, -0.05) is 13.0 Å². The van der Waals surface area contributed by atoms with Crippen molar-refractivity contribution in [1.29, 1.82) is 0 Å². The van der Waals surface area contributed by atoms with Crippen LogP contribution in [0.15, 0.2) is 23.1 Å². The molecule has 21 heavy (non-hydrogen) atoms. The fourth-order valence-electron chi connectivity index (χ4n) is 2.32. The van der Waals surface area contributed by atoms with Crippen LogP contribution in [0.3, 0.4) is 0 Å². The van der Waals surface area contributed by atoms with Crippen LogP contribution in [0.5, 0.6) is 0 Å². The number of anilines is 1. The first-order valence-corrected chi connectivity index (χ1v) is 8.12. The Morgan fingerprint density at radius 1 is 1.33 bits per heavy atom. The first-order chi connectivity index (χ1) is 9.74. The van der Waals surface area contributed by atoms with Gasteiger partial charge in [0.15, 0.2) is 0 Å². The Morgan fingerprint density at radius 3 is 2.67 bits per heavy atom. The Morgan fingerprint density at radius 2 is 2.05 bits per heavy atom. The second-order valence-electron chi connectivity index (χ2n) is 4.90. The molecule has 0 unspecified atom stereocenters. The van der Waals surface area contributed by atoms with Crippen molar-refractivity contribution in [3.8, 4) is 0 Å². The molecule has 1 N–H and O–H groups in total. The molecule has 0 amide bonds. The number of nitrogens with zero attached hydrogens (tertiary/aromatic N) is 1. The van der Waals surface area contributed by atoms with Crippen LogP contribution in [-0.2, 0) is 16.4 Å². The van der Waals surface area contributed by atoms with Crippen LogP contribution >= 0.6 is 0 Å². The van der Waals surface area contributed by atoms with Crippen LogP contribution in [0.1, 0.15) is 18.9 Å². The highest BCUT2D eigenvalue weighted by atomic mass is 32.2. The van der Waals surface area contributed by atoms with Gasteiger partial charge in [-0.05, 0) is 30.5 Å². The zero-order valence-electron chi connectivity index (χ0n) is 11.6. The fraction of sp³-hybridized carbons (Fsp3) is 0.538. The largest absolute Gasteiger partial charge is 0.402 e.